The van der Waals surface area contributed by atoms with Crippen molar-refractivity contribution in [3.8, 4) is 0 Å². The minimum atomic E-state index is -0.205. The summed E-state index contributed by atoms with van der Waals surface area (Å²) < 4.78 is 11.7. The Labute approximate surface area is 66.2 Å². The number of likely N-dealkylation sites (tertiary alicyclic amines) is 1. The van der Waals surface area contributed by atoms with E-state index < -0.39 is 0 Å². The van der Waals surface area contributed by atoms with E-state index in [4.69, 9.17) is 11.6 Å². The molecule has 1 aliphatic heterocycles. The quantitative estimate of drug-likeness (QED) is 0.575. The Balaban J connectivity index is 2.06. The fourth-order valence-corrected chi connectivity index (χ4v) is 1.56. The van der Waals surface area contributed by atoms with Crippen molar-refractivity contribution >= 4 is 11.6 Å². The Hall–Kier alpha value is 0.180. The molecule has 0 aliphatic carbocycles. The summed E-state index contributed by atoms with van der Waals surface area (Å²) in [6, 6.07) is 0. The maximum Gasteiger partial charge on any atom is 0.0906 e. The van der Waals surface area contributed by atoms with Crippen molar-refractivity contribution in [1.82, 2.24) is 4.90 Å². The minimum Gasteiger partial charge on any atom is -0.302 e. The molecule has 1 fully saturated rings. The molecule has 0 aromatic rings. The number of nitrogens with zero attached hydrogens (tertiary/aromatic N) is 1. The molecular formula is C7H13ClFN. The maximum atomic E-state index is 11.7. The van der Waals surface area contributed by atoms with Crippen LogP contribution in [0.2, 0.25) is 0 Å². The average Bonchev–Trinajstić information content (AvgIpc) is 2.31. The molecule has 0 N–H and O–H groups in total. The molecule has 1 aliphatic rings. The van der Waals surface area contributed by atoms with Crippen LogP contribution in [0.25, 0.3) is 0 Å². The van der Waals surface area contributed by atoms with Crippen molar-refractivity contribution in [2.24, 2.45) is 0 Å². The van der Waals surface area contributed by atoms with E-state index in [0.717, 1.165) is 26.1 Å². The summed E-state index contributed by atoms with van der Waals surface area (Å²) in [6.07, 6.45) is 1.72. The second-order valence-electron chi connectivity index (χ2n) is 2.73. The molecule has 3 heteroatoms. The molecule has 1 saturated heterocycles. The van der Waals surface area contributed by atoms with Crippen LogP contribution in [0.4, 0.5) is 4.39 Å². The third-order valence-corrected chi connectivity index (χ3v) is 2.18. The predicted molar refractivity (Wildman–Crippen MR) is 41.3 cm³/mol. The zero-order valence-corrected chi connectivity index (χ0v) is 6.78. The van der Waals surface area contributed by atoms with E-state index in [9.17, 15) is 4.39 Å². The first-order valence-corrected chi connectivity index (χ1v) is 4.19. The van der Waals surface area contributed by atoms with Crippen LogP contribution in [0.3, 0.4) is 0 Å². The molecule has 0 bridgehead atoms. The Morgan fingerprint density at radius 1 is 1.60 bits per heavy atom. The van der Waals surface area contributed by atoms with Crippen molar-refractivity contribution in [1.29, 1.82) is 0 Å². The van der Waals surface area contributed by atoms with E-state index in [0.29, 0.717) is 11.8 Å². The molecule has 10 heavy (non-hydrogen) atoms. The highest BCUT2D eigenvalue weighted by molar-refractivity contribution is 6.20. The average molecular weight is 166 g/mol. The smallest absolute Gasteiger partial charge is 0.0906 e. The van der Waals surface area contributed by atoms with Crippen LogP contribution in [0.5, 0.6) is 0 Å². The van der Waals surface area contributed by atoms with Crippen LogP contribution >= 0.6 is 11.6 Å². The van der Waals surface area contributed by atoms with Crippen LogP contribution in [0.1, 0.15) is 12.8 Å². The summed E-state index contributed by atoms with van der Waals surface area (Å²) in [5.41, 5.74) is 0. The lowest BCUT2D eigenvalue weighted by Gasteiger charge is -2.12. The standard InChI is InChI=1S/C7H13ClFN/c8-7-2-5-10(6-7)4-1-3-9/h7H,1-6H2. The van der Waals surface area contributed by atoms with Crippen molar-refractivity contribution in [2.45, 2.75) is 18.2 Å². The van der Waals surface area contributed by atoms with Gasteiger partial charge < -0.3 is 4.90 Å². The van der Waals surface area contributed by atoms with E-state index in [2.05, 4.69) is 4.90 Å². The van der Waals surface area contributed by atoms with Gasteiger partial charge in [-0.05, 0) is 19.4 Å². The summed E-state index contributed by atoms with van der Waals surface area (Å²) in [5, 5.41) is 0.305. The summed E-state index contributed by atoms with van der Waals surface area (Å²) in [6.45, 7) is 2.67. The number of halogens is 2. The van der Waals surface area contributed by atoms with Crippen LogP contribution in [0.15, 0.2) is 0 Å². The lowest BCUT2D eigenvalue weighted by molar-refractivity contribution is 0.313. The molecule has 1 unspecified atom stereocenters. The first kappa shape index (κ1) is 8.28. The Bertz CT molecular complexity index is 99.6. The lowest BCUT2D eigenvalue weighted by atomic mass is 10.4. The molecule has 0 saturated carbocycles. The molecule has 1 atom stereocenters. The van der Waals surface area contributed by atoms with Gasteiger partial charge in [0.15, 0.2) is 0 Å². The van der Waals surface area contributed by atoms with Crippen LogP contribution in [-0.4, -0.2) is 36.6 Å². The van der Waals surface area contributed by atoms with Gasteiger partial charge >= 0.3 is 0 Å². The highest BCUT2D eigenvalue weighted by atomic mass is 35.5. The third kappa shape index (κ3) is 2.43. The predicted octanol–water partition coefficient (Wildman–Crippen LogP) is 1.66. The van der Waals surface area contributed by atoms with Gasteiger partial charge in [0.2, 0.25) is 0 Å². The fourth-order valence-electron chi connectivity index (χ4n) is 1.27. The summed E-state index contributed by atoms with van der Waals surface area (Å²) in [4.78, 5) is 2.22. The third-order valence-electron chi connectivity index (χ3n) is 1.82. The maximum absolute atomic E-state index is 11.7. The molecule has 60 valence electrons. The highest BCUT2D eigenvalue weighted by Gasteiger charge is 2.18. The molecule has 0 amide bonds. The first-order valence-electron chi connectivity index (χ1n) is 3.75. The second-order valence-corrected chi connectivity index (χ2v) is 3.35. The van der Waals surface area contributed by atoms with Gasteiger partial charge in [-0.2, -0.15) is 0 Å². The second kappa shape index (κ2) is 4.14. The summed E-state index contributed by atoms with van der Waals surface area (Å²) in [5.74, 6) is 0. The SMILES string of the molecule is FCCCN1CCC(Cl)C1. The minimum absolute atomic E-state index is 0.205. The van der Waals surface area contributed by atoms with Crippen LogP contribution < -0.4 is 0 Å². The van der Waals surface area contributed by atoms with E-state index in [1.807, 2.05) is 0 Å². The Morgan fingerprint density at radius 2 is 2.40 bits per heavy atom. The molecular weight excluding hydrogens is 153 g/mol. The zero-order chi connectivity index (χ0) is 7.40. The fraction of sp³-hybridized carbons (Fsp3) is 1.00. The molecule has 1 heterocycles. The molecule has 1 rings (SSSR count). The zero-order valence-electron chi connectivity index (χ0n) is 6.02. The number of hydrogen-bond donors (Lipinski definition) is 0. The van der Waals surface area contributed by atoms with Crippen molar-refractivity contribution in [3.05, 3.63) is 0 Å². The monoisotopic (exact) mass is 165 g/mol. The number of hydrogen-bond acceptors (Lipinski definition) is 1. The normalized spacial score (nSPS) is 27.6. The van der Waals surface area contributed by atoms with Crippen LogP contribution in [0, 0.1) is 0 Å². The lowest BCUT2D eigenvalue weighted by Crippen LogP contribution is -2.22. The molecule has 0 radical (unpaired) electrons. The summed E-state index contributed by atoms with van der Waals surface area (Å²) >= 11 is 5.85. The van der Waals surface area contributed by atoms with E-state index in [1.165, 1.54) is 0 Å². The highest BCUT2D eigenvalue weighted by Crippen LogP contribution is 2.14. The first-order chi connectivity index (χ1) is 4.83. The molecule has 0 aromatic carbocycles. The molecule has 0 spiro atoms. The van der Waals surface area contributed by atoms with Gasteiger partial charge in [0.1, 0.15) is 0 Å². The van der Waals surface area contributed by atoms with Gasteiger partial charge in [0.25, 0.3) is 0 Å². The largest absolute Gasteiger partial charge is 0.302 e. The van der Waals surface area contributed by atoms with E-state index >= 15 is 0 Å². The van der Waals surface area contributed by atoms with Crippen molar-refractivity contribution in [3.63, 3.8) is 0 Å². The van der Waals surface area contributed by atoms with Gasteiger partial charge in [-0.1, -0.05) is 0 Å². The Kier molecular flexibility index (Phi) is 3.43. The van der Waals surface area contributed by atoms with E-state index in [-0.39, 0.29) is 6.67 Å². The molecule has 0 aromatic heterocycles. The number of alkyl halides is 2. The van der Waals surface area contributed by atoms with Gasteiger partial charge in [-0.25, -0.2) is 0 Å². The van der Waals surface area contributed by atoms with Crippen molar-refractivity contribution in [2.75, 3.05) is 26.3 Å². The van der Waals surface area contributed by atoms with Gasteiger partial charge in [-0.15, -0.1) is 11.6 Å². The number of rotatable bonds is 3. The van der Waals surface area contributed by atoms with E-state index in [1.54, 1.807) is 0 Å². The van der Waals surface area contributed by atoms with Gasteiger partial charge in [-0.3, -0.25) is 4.39 Å². The van der Waals surface area contributed by atoms with Gasteiger partial charge in [0.05, 0.1) is 6.67 Å². The Morgan fingerprint density at radius 3 is 2.90 bits per heavy atom. The van der Waals surface area contributed by atoms with Crippen LogP contribution in [-0.2, 0) is 0 Å². The topological polar surface area (TPSA) is 3.24 Å². The van der Waals surface area contributed by atoms with Crippen molar-refractivity contribution < 1.29 is 4.39 Å². The summed E-state index contributed by atoms with van der Waals surface area (Å²) in [7, 11) is 0. The van der Waals surface area contributed by atoms with Gasteiger partial charge in [0, 0.05) is 18.5 Å². The molecule has 1 nitrogen and oxygen atoms in total.